The molecule has 8 heteroatoms. The van der Waals surface area contributed by atoms with Crippen LogP contribution in [0, 0.1) is 0 Å². The molecule has 1 heterocycles. The minimum absolute atomic E-state index is 0.114. The van der Waals surface area contributed by atoms with E-state index in [2.05, 4.69) is 16.0 Å². The van der Waals surface area contributed by atoms with Crippen molar-refractivity contribution in [3.8, 4) is 11.5 Å². The van der Waals surface area contributed by atoms with Gasteiger partial charge in [-0.25, -0.2) is 4.79 Å². The van der Waals surface area contributed by atoms with Gasteiger partial charge in [0.1, 0.15) is 13.2 Å². The van der Waals surface area contributed by atoms with Gasteiger partial charge in [0.15, 0.2) is 11.5 Å². The maximum Gasteiger partial charge on any atom is 0.318 e. The van der Waals surface area contributed by atoms with Gasteiger partial charge in [0, 0.05) is 23.3 Å². The van der Waals surface area contributed by atoms with Gasteiger partial charge in [-0.05, 0) is 42.5 Å². The van der Waals surface area contributed by atoms with Crippen molar-refractivity contribution in [3.63, 3.8) is 0 Å². The number of benzene rings is 2. The third-order valence-electron chi connectivity index (χ3n) is 3.54. The summed E-state index contributed by atoms with van der Waals surface area (Å²) in [4.78, 5) is 24.3. The fourth-order valence-corrected chi connectivity index (χ4v) is 3.01. The molecule has 136 valence electrons. The Morgan fingerprint density at radius 1 is 0.962 bits per heavy atom. The van der Waals surface area contributed by atoms with Crippen LogP contribution in [-0.4, -0.2) is 38.0 Å². The fourth-order valence-electron chi connectivity index (χ4n) is 2.29. The summed E-state index contributed by atoms with van der Waals surface area (Å²) in [6, 6.07) is 12.3. The number of hydrogen-bond acceptors (Lipinski definition) is 5. The van der Waals surface area contributed by atoms with Crippen LogP contribution in [0.5, 0.6) is 11.5 Å². The van der Waals surface area contributed by atoms with Crippen LogP contribution in [0.15, 0.2) is 47.4 Å². The first kappa shape index (κ1) is 17.9. The van der Waals surface area contributed by atoms with Crippen LogP contribution in [-0.2, 0) is 4.79 Å². The van der Waals surface area contributed by atoms with Gasteiger partial charge in [0.25, 0.3) is 0 Å². The second kappa shape index (κ2) is 8.48. The van der Waals surface area contributed by atoms with E-state index in [4.69, 9.17) is 9.47 Å². The van der Waals surface area contributed by atoms with E-state index in [1.54, 1.807) is 31.3 Å². The third-order valence-corrected chi connectivity index (χ3v) is 4.53. The van der Waals surface area contributed by atoms with Crippen molar-refractivity contribution in [1.29, 1.82) is 0 Å². The molecule has 0 radical (unpaired) electrons. The summed E-state index contributed by atoms with van der Waals surface area (Å²) in [6.45, 7) is 1.09. The van der Waals surface area contributed by atoms with Gasteiger partial charge < -0.3 is 25.4 Å². The Bertz CT molecular complexity index is 796. The number of thioether (sulfide) groups is 1. The van der Waals surface area contributed by atoms with Crippen molar-refractivity contribution in [3.05, 3.63) is 42.5 Å². The number of carbonyl (C=O) groups excluding carboxylic acids is 2. The number of rotatable bonds is 5. The lowest BCUT2D eigenvalue weighted by molar-refractivity contribution is -0.113. The molecule has 0 aliphatic carbocycles. The molecule has 0 aromatic heterocycles. The zero-order valence-corrected chi connectivity index (χ0v) is 15.0. The molecule has 0 bridgehead atoms. The maximum absolute atomic E-state index is 12.1. The molecule has 0 spiro atoms. The van der Waals surface area contributed by atoms with Gasteiger partial charge in [0.05, 0.1) is 5.75 Å². The Morgan fingerprint density at radius 2 is 1.62 bits per heavy atom. The van der Waals surface area contributed by atoms with Gasteiger partial charge in [-0.1, -0.05) is 0 Å². The monoisotopic (exact) mass is 373 g/mol. The molecule has 2 aromatic rings. The molecule has 3 N–H and O–H groups in total. The van der Waals surface area contributed by atoms with Crippen molar-refractivity contribution in [2.75, 3.05) is 36.6 Å². The molecule has 0 fully saturated rings. The van der Waals surface area contributed by atoms with E-state index in [1.165, 1.54) is 11.8 Å². The molecule has 1 aliphatic heterocycles. The smallest absolute Gasteiger partial charge is 0.318 e. The Kier molecular flexibility index (Phi) is 5.85. The van der Waals surface area contributed by atoms with Crippen LogP contribution in [0.1, 0.15) is 0 Å². The minimum Gasteiger partial charge on any atom is -0.486 e. The first-order chi connectivity index (χ1) is 12.6. The second-order valence-corrected chi connectivity index (χ2v) is 6.47. The molecule has 0 atom stereocenters. The minimum atomic E-state index is -0.294. The van der Waals surface area contributed by atoms with Crippen molar-refractivity contribution in [1.82, 2.24) is 5.32 Å². The van der Waals surface area contributed by atoms with Crippen LogP contribution in [0.2, 0.25) is 0 Å². The number of ether oxygens (including phenoxy) is 2. The zero-order chi connectivity index (χ0) is 18.4. The summed E-state index contributed by atoms with van der Waals surface area (Å²) in [5.74, 6) is 1.60. The summed E-state index contributed by atoms with van der Waals surface area (Å²) in [7, 11) is 1.54. The zero-order valence-electron chi connectivity index (χ0n) is 14.2. The van der Waals surface area contributed by atoms with Crippen LogP contribution in [0.4, 0.5) is 16.2 Å². The Hall–Kier alpha value is -2.87. The van der Waals surface area contributed by atoms with Gasteiger partial charge in [-0.2, -0.15) is 0 Å². The molecular formula is C18H19N3O4S. The highest BCUT2D eigenvalue weighted by molar-refractivity contribution is 8.00. The highest BCUT2D eigenvalue weighted by Crippen LogP contribution is 2.34. The fraction of sp³-hybridized carbons (Fsp3) is 0.222. The van der Waals surface area contributed by atoms with E-state index in [0.29, 0.717) is 30.3 Å². The van der Waals surface area contributed by atoms with Crippen molar-refractivity contribution in [2.45, 2.75) is 4.90 Å². The van der Waals surface area contributed by atoms with Gasteiger partial charge in [-0.15, -0.1) is 11.8 Å². The summed E-state index contributed by atoms with van der Waals surface area (Å²) in [5.41, 5.74) is 1.31. The van der Waals surface area contributed by atoms with E-state index in [1.807, 2.05) is 18.2 Å². The van der Waals surface area contributed by atoms with Crippen LogP contribution < -0.4 is 25.4 Å². The lowest BCUT2D eigenvalue weighted by atomic mass is 10.3. The SMILES string of the molecule is CNC(=O)Nc1ccc(NC(=O)CSc2ccc3c(c2)OCCO3)cc1. The van der Waals surface area contributed by atoms with Gasteiger partial charge in [-0.3, -0.25) is 4.79 Å². The lowest BCUT2D eigenvalue weighted by Crippen LogP contribution is -2.24. The summed E-state index contributed by atoms with van der Waals surface area (Å²) in [5, 5.41) is 7.95. The predicted octanol–water partition coefficient (Wildman–Crippen LogP) is 2.94. The Morgan fingerprint density at radius 3 is 2.31 bits per heavy atom. The first-order valence-electron chi connectivity index (χ1n) is 8.05. The molecule has 3 amide bonds. The highest BCUT2D eigenvalue weighted by atomic mass is 32.2. The van der Waals surface area contributed by atoms with E-state index < -0.39 is 0 Å². The normalized spacial score (nSPS) is 12.2. The molecule has 26 heavy (non-hydrogen) atoms. The summed E-state index contributed by atoms with van der Waals surface area (Å²) < 4.78 is 11.0. The lowest BCUT2D eigenvalue weighted by Gasteiger charge is -2.18. The molecule has 7 nitrogen and oxygen atoms in total. The standard InChI is InChI=1S/C18H19N3O4S/c1-19-18(23)21-13-4-2-12(3-5-13)20-17(22)11-26-14-6-7-15-16(10-14)25-9-8-24-15/h2-7,10H,8-9,11H2,1H3,(H,20,22)(H2,19,21,23). The topological polar surface area (TPSA) is 88.7 Å². The Balaban J connectivity index is 1.50. The average molecular weight is 373 g/mol. The number of anilines is 2. The molecule has 3 rings (SSSR count). The summed E-state index contributed by atoms with van der Waals surface area (Å²) >= 11 is 1.42. The Labute approximate surface area is 155 Å². The van der Waals surface area contributed by atoms with E-state index in [9.17, 15) is 9.59 Å². The van der Waals surface area contributed by atoms with E-state index in [-0.39, 0.29) is 17.7 Å². The summed E-state index contributed by atoms with van der Waals surface area (Å²) in [6.07, 6.45) is 0. The predicted molar refractivity (Wildman–Crippen MR) is 101 cm³/mol. The van der Waals surface area contributed by atoms with Crippen molar-refractivity contribution in [2.24, 2.45) is 0 Å². The van der Waals surface area contributed by atoms with Gasteiger partial charge in [0.2, 0.25) is 5.91 Å². The molecule has 0 saturated carbocycles. The maximum atomic E-state index is 12.1. The second-order valence-electron chi connectivity index (χ2n) is 5.42. The number of nitrogens with one attached hydrogen (secondary N) is 3. The number of carbonyl (C=O) groups is 2. The third kappa shape index (κ3) is 4.82. The van der Waals surface area contributed by atoms with Gasteiger partial charge >= 0.3 is 6.03 Å². The highest BCUT2D eigenvalue weighted by Gasteiger charge is 2.12. The number of hydrogen-bond donors (Lipinski definition) is 3. The molecule has 0 saturated heterocycles. The van der Waals surface area contributed by atoms with Crippen LogP contribution >= 0.6 is 11.8 Å². The molecular weight excluding hydrogens is 354 g/mol. The van der Waals surface area contributed by atoms with Crippen LogP contribution in [0.3, 0.4) is 0 Å². The van der Waals surface area contributed by atoms with Crippen molar-refractivity contribution < 1.29 is 19.1 Å². The van der Waals surface area contributed by atoms with E-state index >= 15 is 0 Å². The number of fused-ring (bicyclic) bond motifs is 1. The van der Waals surface area contributed by atoms with Crippen molar-refractivity contribution >= 4 is 35.1 Å². The average Bonchev–Trinajstić information content (AvgIpc) is 2.67. The van der Waals surface area contributed by atoms with E-state index in [0.717, 1.165) is 10.6 Å². The first-order valence-corrected chi connectivity index (χ1v) is 9.04. The molecule has 2 aromatic carbocycles. The molecule has 1 aliphatic rings. The number of urea groups is 1. The van der Waals surface area contributed by atoms with Crippen LogP contribution in [0.25, 0.3) is 0 Å². The number of amides is 3. The largest absolute Gasteiger partial charge is 0.486 e. The molecule has 0 unspecified atom stereocenters. The quantitative estimate of drug-likeness (QED) is 0.702.